The second-order valence-electron chi connectivity index (χ2n) is 2.60. The fourth-order valence-electron chi connectivity index (χ4n) is 0.882. The molecule has 1 atom stereocenters. The fourth-order valence-corrected chi connectivity index (χ4v) is 0.882. The van der Waals surface area contributed by atoms with Crippen LogP contribution < -0.4 is 11.5 Å². The van der Waals surface area contributed by atoms with Crippen molar-refractivity contribution in [3.63, 3.8) is 0 Å². The van der Waals surface area contributed by atoms with E-state index in [1.54, 1.807) is 0 Å². The van der Waals surface area contributed by atoms with E-state index in [0.29, 0.717) is 13.0 Å². The highest BCUT2D eigenvalue weighted by Crippen LogP contribution is 2.07. The number of amides is 2. The van der Waals surface area contributed by atoms with Gasteiger partial charge in [0.15, 0.2) is 0 Å². The third kappa shape index (κ3) is 1.68. The summed E-state index contributed by atoms with van der Waals surface area (Å²) in [6, 6.07) is -0.723. The third-order valence-electron chi connectivity index (χ3n) is 1.73. The molecule has 5 heteroatoms. The maximum Gasteiger partial charge on any atom is 0.236 e. The minimum atomic E-state index is -0.723. The Kier molecular flexibility index (Phi) is 2.09. The normalized spacial score (nSPS) is 19.4. The third-order valence-corrected chi connectivity index (χ3v) is 1.73. The lowest BCUT2D eigenvalue weighted by Gasteiger charge is -2.31. The molecule has 62 valence electrons. The maximum atomic E-state index is 10.7. The Morgan fingerprint density at radius 2 is 2.36 bits per heavy atom. The number of nitrogens with zero attached hydrogens (tertiary/aromatic N) is 1. The predicted molar refractivity (Wildman–Crippen MR) is 38.4 cm³/mol. The molecule has 0 aromatic carbocycles. The van der Waals surface area contributed by atoms with Crippen LogP contribution in [0.25, 0.3) is 0 Å². The Morgan fingerprint density at radius 3 is 2.64 bits per heavy atom. The highest BCUT2D eigenvalue weighted by molar-refractivity contribution is 5.84. The topological polar surface area (TPSA) is 89.4 Å². The van der Waals surface area contributed by atoms with Gasteiger partial charge < -0.3 is 16.4 Å². The first kappa shape index (κ1) is 8.00. The van der Waals surface area contributed by atoms with Crippen LogP contribution in [0.15, 0.2) is 0 Å². The zero-order valence-electron chi connectivity index (χ0n) is 6.12. The first-order valence-corrected chi connectivity index (χ1v) is 3.44. The summed E-state index contributed by atoms with van der Waals surface area (Å²) in [5.74, 6) is -0.522. The summed E-state index contributed by atoms with van der Waals surface area (Å²) in [5.41, 5.74) is 10.2. The van der Waals surface area contributed by atoms with Crippen molar-refractivity contribution < 1.29 is 9.59 Å². The molecule has 1 fully saturated rings. The second-order valence-corrected chi connectivity index (χ2v) is 2.60. The van der Waals surface area contributed by atoms with Gasteiger partial charge in [-0.2, -0.15) is 0 Å². The number of hydrogen-bond donors (Lipinski definition) is 2. The van der Waals surface area contributed by atoms with Crippen LogP contribution in [0.5, 0.6) is 0 Å². The van der Waals surface area contributed by atoms with E-state index in [9.17, 15) is 9.59 Å². The number of carbonyl (C=O) groups excluding carboxylic acids is 2. The summed E-state index contributed by atoms with van der Waals surface area (Å²) in [5, 5.41) is 0. The smallest absolute Gasteiger partial charge is 0.236 e. The minimum absolute atomic E-state index is 0.0432. The van der Waals surface area contributed by atoms with E-state index in [-0.39, 0.29) is 12.5 Å². The Hall–Kier alpha value is -1.10. The van der Waals surface area contributed by atoms with E-state index in [2.05, 4.69) is 0 Å². The highest BCUT2D eigenvalue weighted by Gasteiger charge is 2.26. The number of nitrogens with two attached hydrogens (primary N) is 2. The fraction of sp³-hybridized carbons (Fsp3) is 0.667. The summed E-state index contributed by atoms with van der Waals surface area (Å²) in [6.45, 7) is 0.952. The van der Waals surface area contributed by atoms with Crippen LogP contribution >= 0.6 is 0 Å². The largest absolute Gasteiger partial charge is 0.368 e. The molecular weight excluding hydrogens is 146 g/mol. The van der Waals surface area contributed by atoms with Crippen molar-refractivity contribution in [2.24, 2.45) is 11.5 Å². The Morgan fingerprint density at radius 1 is 1.73 bits per heavy atom. The number of β-lactam (4-membered cyclic amide) rings is 1. The standard InChI is InChI=1S/C6H11N3O2/c7-4(6(8)11)3-9-2-1-5(9)10/h4H,1-3,7H2,(H2,8,11). The van der Waals surface area contributed by atoms with Crippen molar-refractivity contribution in [1.29, 1.82) is 0 Å². The van der Waals surface area contributed by atoms with Gasteiger partial charge in [0.2, 0.25) is 11.8 Å². The quantitative estimate of drug-likeness (QED) is 0.466. The Labute approximate surface area is 64.3 Å². The Bertz CT molecular complexity index is 184. The summed E-state index contributed by atoms with van der Waals surface area (Å²) >= 11 is 0. The molecule has 5 nitrogen and oxygen atoms in total. The van der Waals surface area contributed by atoms with Gasteiger partial charge in [-0.25, -0.2) is 0 Å². The molecule has 0 bridgehead atoms. The lowest BCUT2D eigenvalue weighted by atomic mass is 10.1. The Balaban J connectivity index is 2.30. The van der Waals surface area contributed by atoms with Gasteiger partial charge >= 0.3 is 0 Å². The van der Waals surface area contributed by atoms with Gasteiger partial charge in [-0.3, -0.25) is 9.59 Å². The number of carbonyl (C=O) groups is 2. The average molecular weight is 157 g/mol. The molecule has 0 aliphatic carbocycles. The molecule has 1 heterocycles. The lowest BCUT2D eigenvalue weighted by molar-refractivity contribution is -0.140. The minimum Gasteiger partial charge on any atom is -0.368 e. The van der Waals surface area contributed by atoms with Crippen molar-refractivity contribution >= 4 is 11.8 Å². The van der Waals surface area contributed by atoms with Crippen LogP contribution in [0, 0.1) is 0 Å². The van der Waals surface area contributed by atoms with Crippen LogP contribution in [-0.4, -0.2) is 35.8 Å². The lowest BCUT2D eigenvalue weighted by Crippen LogP contribution is -2.53. The zero-order chi connectivity index (χ0) is 8.43. The molecule has 1 unspecified atom stereocenters. The zero-order valence-corrected chi connectivity index (χ0v) is 6.12. The van der Waals surface area contributed by atoms with Gasteiger partial charge in [-0.05, 0) is 0 Å². The van der Waals surface area contributed by atoms with E-state index in [1.165, 1.54) is 4.90 Å². The van der Waals surface area contributed by atoms with Crippen molar-refractivity contribution in [3.8, 4) is 0 Å². The summed E-state index contributed by atoms with van der Waals surface area (Å²) in [6.07, 6.45) is 0.561. The monoisotopic (exact) mass is 157 g/mol. The van der Waals surface area contributed by atoms with Crippen LogP contribution in [-0.2, 0) is 9.59 Å². The SMILES string of the molecule is NC(=O)C(N)CN1CCC1=O. The molecule has 0 spiro atoms. The van der Waals surface area contributed by atoms with Gasteiger partial charge in [0.05, 0.1) is 0 Å². The first-order valence-electron chi connectivity index (χ1n) is 3.44. The highest BCUT2D eigenvalue weighted by atomic mass is 16.2. The molecule has 1 aliphatic heterocycles. The summed E-state index contributed by atoms with van der Waals surface area (Å²) in [4.78, 5) is 22.7. The first-order chi connectivity index (χ1) is 5.11. The number of primary amides is 1. The molecule has 4 N–H and O–H groups in total. The van der Waals surface area contributed by atoms with Crippen LogP contribution in [0.1, 0.15) is 6.42 Å². The van der Waals surface area contributed by atoms with Gasteiger partial charge in [0.1, 0.15) is 6.04 Å². The average Bonchev–Trinajstić information content (AvgIpc) is 1.96. The predicted octanol–water partition coefficient (Wildman–Crippen LogP) is -1.97. The van der Waals surface area contributed by atoms with Crippen LogP contribution in [0.2, 0.25) is 0 Å². The molecule has 0 aromatic rings. The molecule has 1 aliphatic rings. The van der Waals surface area contributed by atoms with Crippen molar-refractivity contribution in [2.45, 2.75) is 12.5 Å². The molecule has 2 amide bonds. The number of likely N-dealkylation sites (tertiary alicyclic amines) is 1. The molecule has 11 heavy (non-hydrogen) atoms. The molecule has 1 rings (SSSR count). The summed E-state index contributed by atoms with van der Waals surface area (Å²) in [7, 11) is 0. The van der Waals surface area contributed by atoms with Crippen molar-refractivity contribution in [3.05, 3.63) is 0 Å². The molecular formula is C6H11N3O2. The second kappa shape index (κ2) is 2.87. The van der Waals surface area contributed by atoms with Crippen LogP contribution in [0.3, 0.4) is 0 Å². The summed E-state index contributed by atoms with van der Waals surface area (Å²) < 4.78 is 0. The molecule has 0 radical (unpaired) electrons. The van der Waals surface area contributed by atoms with E-state index >= 15 is 0 Å². The van der Waals surface area contributed by atoms with Gasteiger partial charge in [-0.15, -0.1) is 0 Å². The van der Waals surface area contributed by atoms with Crippen molar-refractivity contribution in [2.75, 3.05) is 13.1 Å². The maximum absolute atomic E-state index is 10.7. The molecule has 0 aromatic heterocycles. The molecule has 1 saturated heterocycles. The number of hydrogen-bond acceptors (Lipinski definition) is 3. The van der Waals surface area contributed by atoms with E-state index < -0.39 is 11.9 Å². The van der Waals surface area contributed by atoms with E-state index in [0.717, 1.165) is 0 Å². The van der Waals surface area contributed by atoms with Crippen molar-refractivity contribution in [1.82, 2.24) is 4.90 Å². The van der Waals surface area contributed by atoms with E-state index in [4.69, 9.17) is 11.5 Å². The molecule has 0 saturated carbocycles. The van der Waals surface area contributed by atoms with Gasteiger partial charge in [0, 0.05) is 19.5 Å². The number of rotatable bonds is 3. The van der Waals surface area contributed by atoms with E-state index in [1.807, 2.05) is 0 Å². The van der Waals surface area contributed by atoms with Gasteiger partial charge in [0.25, 0.3) is 0 Å². The van der Waals surface area contributed by atoms with Crippen LogP contribution in [0.4, 0.5) is 0 Å². The van der Waals surface area contributed by atoms with Gasteiger partial charge in [-0.1, -0.05) is 0 Å².